The van der Waals surface area contributed by atoms with E-state index in [0.29, 0.717) is 18.9 Å². The summed E-state index contributed by atoms with van der Waals surface area (Å²) in [7, 11) is 0. The SMILES string of the molecule is C[C@H]1CN(c2ccc(C(F)(F)F)c[nH+]2)C[C@H](C)O1. The molecule has 0 unspecified atom stereocenters. The van der Waals surface area contributed by atoms with Gasteiger partial charge in [0, 0.05) is 6.07 Å². The molecule has 1 aliphatic rings. The molecule has 0 saturated carbocycles. The molecule has 1 fully saturated rings. The van der Waals surface area contributed by atoms with E-state index in [9.17, 15) is 13.2 Å². The third kappa shape index (κ3) is 2.93. The Bertz CT molecular complexity index is 395. The lowest BCUT2D eigenvalue weighted by Gasteiger charge is -2.30. The third-order valence-electron chi connectivity index (χ3n) is 2.88. The van der Waals surface area contributed by atoms with E-state index in [0.717, 1.165) is 12.3 Å². The second-order valence-electron chi connectivity index (χ2n) is 4.62. The van der Waals surface area contributed by atoms with Gasteiger partial charge in [-0.15, -0.1) is 0 Å². The first kappa shape index (κ1) is 13.1. The first-order valence-corrected chi connectivity index (χ1v) is 5.85. The lowest BCUT2D eigenvalue weighted by molar-refractivity contribution is -0.368. The maximum absolute atomic E-state index is 12.4. The van der Waals surface area contributed by atoms with Crippen molar-refractivity contribution < 1.29 is 22.9 Å². The van der Waals surface area contributed by atoms with E-state index >= 15 is 0 Å². The van der Waals surface area contributed by atoms with Crippen LogP contribution >= 0.6 is 0 Å². The molecule has 3 nitrogen and oxygen atoms in total. The minimum atomic E-state index is -4.30. The number of aromatic nitrogens is 1. The van der Waals surface area contributed by atoms with Gasteiger partial charge in [-0.1, -0.05) is 0 Å². The number of nitrogens with zero attached hydrogens (tertiary/aromatic N) is 1. The van der Waals surface area contributed by atoms with Crippen LogP contribution < -0.4 is 9.88 Å². The molecule has 1 aliphatic heterocycles. The van der Waals surface area contributed by atoms with Crippen LogP contribution in [0, 0.1) is 0 Å². The number of H-pyrrole nitrogens is 1. The van der Waals surface area contributed by atoms with Crippen molar-refractivity contribution in [3.05, 3.63) is 23.9 Å². The van der Waals surface area contributed by atoms with Gasteiger partial charge in [0.1, 0.15) is 19.3 Å². The van der Waals surface area contributed by atoms with Crippen LogP contribution in [0.15, 0.2) is 18.3 Å². The van der Waals surface area contributed by atoms with Crippen LogP contribution in [0.1, 0.15) is 19.4 Å². The number of nitrogens with one attached hydrogen (secondary N) is 1. The third-order valence-corrected chi connectivity index (χ3v) is 2.88. The van der Waals surface area contributed by atoms with Crippen molar-refractivity contribution in [1.29, 1.82) is 0 Å². The molecule has 0 bridgehead atoms. The van der Waals surface area contributed by atoms with Gasteiger partial charge in [0.15, 0.2) is 0 Å². The Labute approximate surface area is 104 Å². The standard InChI is InChI=1S/C12H15F3N2O/c1-8-6-17(7-9(2)18-8)11-4-3-10(5-16-11)12(13,14)15/h3-5,8-9H,6-7H2,1-2H3/p+1/t8-,9-/m0/s1. The predicted octanol–water partition coefficient (Wildman–Crippen LogP) is 2.13. The van der Waals surface area contributed by atoms with Gasteiger partial charge in [-0.3, -0.25) is 4.90 Å². The van der Waals surface area contributed by atoms with Crippen molar-refractivity contribution in [3.63, 3.8) is 0 Å². The van der Waals surface area contributed by atoms with Crippen LogP contribution in [-0.2, 0) is 10.9 Å². The van der Waals surface area contributed by atoms with Gasteiger partial charge in [-0.2, -0.15) is 13.2 Å². The Morgan fingerprint density at radius 2 is 1.83 bits per heavy atom. The number of halogens is 3. The van der Waals surface area contributed by atoms with Crippen LogP contribution in [0.25, 0.3) is 0 Å². The number of ether oxygens (including phenoxy) is 1. The summed E-state index contributed by atoms with van der Waals surface area (Å²) < 4.78 is 42.9. The predicted molar refractivity (Wildman–Crippen MR) is 60.2 cm³/mol. The molecule has 2 atom stereocenters. The highest BCUT2D eigenvalue weighted by atomic mass is 19.4. The molecule has 0 radical (unpaired) electrons. The topological polar surface area (TPSA) is 26.6 Å². The first-order chi connectivity index (χ1) is 8.36. The van der Waals surface area contributed by atoms with Gasteiger partial charge in [-0.05, 0) is 19.9 Å². The second-order valence-corrected chi connectivity index (χ2v) is 4.62. The van der Waals surface area contributed by atoms with Crippen LogP contribution in [0.3, 0.4) is 0 Å². The van der Waals surface area contributed by atoms with Crippen molar-refractivity contribution in [2.75, 3.05) is 18.0 Å². The van der Waals surface area contributed by atoms with Crippen LogP contribution in [0.2, 0.25) is 0 Å². The average molecular weight is 261 g/mol. The van der Waals surface area contributed by atoms with E-state index in [-0.39, 0.29) is 12.2 Å². The largest absolute Gasteiger partial charge is 0.419 e. The Balaban J connectivity index is 2.14. The van der Waals surface area contributed by atoms with E-state index in [1.807, 2.05) is 18.7 Å². The fourth-order valence-electron chi connectivity index (χ4n) is 2.16. The van der Waals surface area contributed by atoms with Crippen LogP contribution in [0.4, 0.5) is 19.0 Å². The van der Waals surface area contributed by atoms with Gasteiger partial charge >= 0.3 is 6.18 Å². The van der Waals surface area contributed by atoms with Crippen LogP contribution in [0.5, 0.6) is 0 Å². The van der Waals surface area contributed by atoms with Gasteiger partial charge < -0.3 is 4.74 Å². The average Bonchev–Trinajstić information content (AvgIpc) is 2.27. The van der Waals surface area contributed by atoms with E-state index < -0.39 is 11.7 Å². The molecule has 1 saturated heterocycles. The maximum atomic E-state index is 12.4. The smallest absolute Gasteiger partial charge is 0.367 e. The monoisotopic (exact) mass is 261 g/mol. The number of anilines is 1. The highest BCUT2D eigenvalue weighted by molar-refractivity contribution is 5.35. The molecule has 1 aromatic rings. The summed E-state index contributed by atoms with van der Waals surface area (Å²) in [6.45, 7) is 5.25. The van der Waals surface area contributed by atoms with Gasteiger partial charge in [0.2, 0.25) is 0 Å². The molecule has 18 heavy (non-hydrogen) atoms. The van der Waals surface area contributed by atoms with Crippen molar-refractivity contribution >= 4 is 5.82 Å². The molecule has 2 rings (SSSR count). The van der Waals surface area contributed by atoms with E-state index in [1.54, 1.807) is 0 Å². The lowest BCUT2D eigenvalue weighted by atomic mass is 10.2. The molecule has 6 heteroatoms. The molecule has 0 amide bonds. The lowest BCUT2D eigenvalue weighted by Crippen LogP contribution is -2.47. The quantitative estimate of drug-likeness (QED) is 0.774. The number of hydrogen-bond acceptors (Lipinski definition) is 2. The number of rotatable bonds is 1. The summed E-state index contributed by atoms with van der Waals surface area (Å²) in [5.74, 6) is 0.685. The Morgan fingerprint density at radius 3 is 2.28 bits per heavy atom. The molecule has 1 N–H and O–H groups in total. The fourth-order valence-corrected chi connectivity index (χ4v) is 2.16. The maximum Gasteiger partial charge on any atom is 0.419 e. The van der Waals surface area contributed by atoms with Gasteiger partial charge in [0.25, 0.3) is 5.82 Å². The highest BCUT2D eigenvalue weighted by Crippen LogP contribution is 2.28. The number of aromatic amines is 1. The van der Waals surface area contributed by atoms with E-state index in [4.69, 9.17) is 4.74 Å². The van der Waals surface area contributed by atoms with Crippen molar-refractivity contribution in [1.82, 2.24) is 0 Å². The van der Waals surface area contributed by atoms with Crippen LogP contribution in [-0.4, -0.2) is 25.3 Å². The van der Waals surface area contributed by atoms with Crippen molar-refractivity contribution in [2.24, 2.45) is 0 Å². The van der Waals surface area contributed by atoms with Crippen molar-refractivity contribution in [3.8, 4) is 0 Å². The summed E-state index contributed by atoms with van der Waals surface area (Å²) in [5.41, 5.74) is -0.666. The normalized spacial score (nSPS) is 25.3. The minimum absolute atomic E-state index is 0.0736. The summed E-state index contributed by atoms with van der Waals surface area (Å²) in [6.07, 6.45) is -3.16. The van der Waals surface area contributed by atoms with Gasteiger partial charge in [0.05, 0.1) is 17.8 Å². The van der Waals surface area contributed by atoms with E-state index in [2.05, 4.69) is 4.98 Å². The number of morpholine rings is 1. The molecule has 1 aromatic heterocycles. The van der Waals surface area contributed by atoms with E-state index in [1.165, 1.54) is 6.07 Å². The van der Waals surface area contributed by atoms with Gasteiger partial charge in [-0.25, -0.2) is 4.98 Å². The number of pyridine rings is 1. The summed E-state index contributed by atoms with van der Waals surface area (Å²) in [4.78, 5) is 4.70. The van der Waals surface area contributed by atoms with Crippen molar-refractivity contribution in [2.45, 2.75) is 32.2 Å². The molecule has 0 spiro atoms. The first-order valence-electron chi connectivity index (χ1n) is 5.85. The number of hydrogen-bond donors (Lipinski definition) is 0. The zero-order valence-corrected chi connectivity index (χ0v) is 10.3. The number of alkyl halides is 3. The highest BCUT2D eigenvalue weighted by Gasteiger charge is 2.33. The summed E-state index contributed by atoms with van der Waals surface area (Å²) in [5, 5.41) is 0. The summed E-state index contributed by atoms with van der Waals surface area (Å²) in [6, 6.07) is 2.56. The zero-order valence-electron chi connectivity index (χ0n) is 10.3. The Kier molecular flexibility index (Phi) is 3.47. The minimum Gasteiger partial charge on any atom is -0.367 e. The molecule has 2 heterocycles. The molecule has 100 valence electrons. The molecule has 0 aromatic carbocycles. The Hall–Kier alpha value is -1.30. The molecule has 0 aliphatic carbocycles. The molecular formula is C12H16F3N2O+. The fraction of sp³-hybridized carbons (Fsp3) is 0.583. The Morgan fingerprint density at radius 1 is 1.22 bits per heavy atom. The zero-order chi connectivity index (χ0) is 13.3. The molecular weight excluding hydrogens is 245 g/mol. The summed E-state index contributed by atoms with van der Waals surface area (Å²) >= 11 is 0. The second kappa shape index (κ2) is 4.76.